The molecule has 0 spiro atoms. The van der Waals surface area contributed by atoms with E-state index in [-0.39, 0.29) is 11.9 Å². The summed E-state index contributed by atoms with van der Waals surface area (Å²) in [6.45, 7) is 10.0. The first-order valence-electron chi connectivity index (χ1n) is 14.2. The monoisotopic (exact) mass is 556 g/mol. The summed E-state index contributed by atoms with van der Waals surface area (Å²) >= 11 is 0. The van der Waals surface area contributed by atoms with Gasteiger partial charge in [-0.1, -0.05) is 36.5 Å². The predicted octanol–water partition coefficient (Wildman–Crippen LogP) is 3.63. The first kappa shape index (κ1) is 29.4. The molecule has 4 rings (SSSR count). The highest BCUT2D eigenvalue weighted by atomic mass is 32.2. The van der Waals surface area contributed by atoms with E-state index >= 15 is 0 Å². The lowest BCUT2D eigenvalue weighted by atomic mass is 9.97. The number of anilines is 1. The molecule has 2 fully saturated rings. The van der Waals surface area contributed by atoms with Gasteiger partial charge in [-0.2, -0.15) is 0 Å². The van der Waals surface area contributed by atoms with Crippen LogP contribution in [0, 0.1) is 12.8 Å². The van der Waals surface area contributed by atoms with Crippen LogP contribution in [0.2, 0.25) is 0 Å². The molecule has 39 heavy (non-hydrogen) atoms. The molecule has 214 valence electrons. The van der Waals surface area contributed by atoms with Crippen LogP contribution in [-0.2, 0) is 10.0 Å². The Bertz CT molecular complexity index is 1180. The van der Waals surface area contributed by atoms with Gasteiger partial charge in [-0.3, -0.25) is 4.79 Å². The second kappa shape index (κ2) is 13.2. The smallest absolute Gasteiger partial charge is 0.272 e. The molecule has 1 atom stereocenters. The number of carbonyl (C=O) groups is 1. The van der Waals surface area contributed by atoms with Crippen molar-refractivity contribution < 1.29 is 13.2 Å². The van der Waals surface area contributed by atoms with Crippen molar-refractivity contribution in [2.24, 2.45) is 5.92 Å². The van der Waals surface area contributed by atoms with Crippen LogP contribution in [0.1, 0.15) is 61.0 Å². The second-order valence-corrected chi connectivity index (χ2v) is 13.3. The summed E-state index contributed by atoms with van der Waals surface area (Å²) in [5.41, 5.74) is 2.42. The van der Waals surface area contributed by atoms with Gasteiger partial charge >= 0.3 is 0 Å². The van der Waals surface area contributed by atoms with Crippen LogP contribution in [0.25, 0.3) is 0 Å². The first-order chi connectivity index (χ1) is 18.6. The third kappa shape index (κ3) is 7.77. The maximum atomic E-state index is 13.4. The van der Waals surface area contributed by atoms with Crippen LogP contribution in [0.4, 0.5) is 5.82 Å². The van der Waals surface area contributed by atoms with Crippen molar-refractivity contribution in [2.75, 3.05) is 51.3 Å². The number of rotatable bonds is 7. The maximum absolute atomic E-state index is 13.4. The number of nitrogens with zero attached hydrogens (tertiary/aromatic N) is 5. The number of sulfonamides is 1. The van der Waals surface area contributed by atoms with Gasteiger partial charge in [0.1, 0.15) is 17.8 Å². The summed E-state index contributed by atoms with van der Waals surface area (Å²) in [5, 5.41) is 3.48. The fraction of sp³-hybridized carbons (Fsp3) is 0.621. The summed E-state index contributed by atoms with van der Waals surface area (Å²) in [4.78, 5) is 26.7. The van der Waals surface area contributed by atoms with Crippen LogP contribution in [0.3, 0.4) is 0 Å². The van der Waals surface area contributed by atoms with Gasteiger partial charge in [0.25, 0.3) is 5.91 Å². The zero-order chi connectivity index (χ0) is 28.0. The molecular formula is C29H44N6O3S. The summed E-state index contributed by atoms with van der Waals surface area (Å²) in [7, 11) is -1.48. The van der Waals surface area contributed by atoms with Gasteiger partial charge in [0, 0.05) is 44.3 Å². The Kier molecular flexibility index (Phi) is 9.96. The molecule has 10 heteroatoms. The molecule has 0 bridgehead atoms. The Morgan fingerprint density at radius 1 is 1.10 bits per heavy atom. The lowest BCUT2D eigenvalue weighted by Crippen LogP contribution is -2.52. The third-order valence-corrected chi connectivity index (χ3v) is 9.92. The minimum absolute atomic E-state index is 0.0300. The van der Waals surface area contributed by atoms with Gasteiger partial charge < -0.3 is 15.1 Å². The van der Waals surface area contributed by atoms with Gasteiger partial charge in [-0.15, -0.1) is 0 Å². The fourth-order valence-electron chi connectivity index (χ4n) is 5.87. The summed E-state index contributed by atoms with van der Waals surface area (Å²) in [6.07, 6.45) is 17.7. The first-order valence-corrected chi connectivity index (χ1v) is 16.0. The Morgan fingerprint density at radius 2 is 1.82 bits per heavy atom. The standard InChI is InChI=1S/C29H44N6O3S/c1-22-8-6-5-7-9-24(11-10-22)20-30-28-23(2)27(31-21-32-28)29(36)35-18-14-26(15-19-35)34-16-12-25(13-17-34)33(3)39(4,37)38/h5-8,21,24-26H,1,9-20H2,2-4H3,(H,30,31,32)/b7-5-,8-6-. The SMILES string of the molecule is C=C1/C=C\C=C/CC(CNc2ncnc(C(=O)N3CCC(N4CCC(N(C)S(C)(=O)=O)CC4)CC3)c2C)CC1. The number of allylic oxidation sites excluding steroid dienone is 5. The summed E-state index contributed by atoms with van der Waals surface area (Å²) < 4.78 is 25.3. The summed E-state index contributed by atoms with van der Waals surface area (Å²) in [6, 6.07) is 0.501. The molecule has 1 aliphatic carbocycles. The van der Waals surface area contributed by atoms with Crippen LogP contribution < -0.4 is 5.32 Å². The van der Waals surface area contributed by atoms with E-state index in [1.54, 1.807) is 7.05 Å². The Morgan fingerprint density at radius 3 is 2.51 bits per heavy atom. The lowest BCUT2D eigenvalue weighted by molar-refractivity contribution is 0.0542. The van der Waals surface area contributed by atoms with Gasteiger partial charge in [0.2, 0.25) is 10.0 Å². The van der Waals surface area contributed by atoms with Crippen molar-refractivity contribution in [3.05, 3.63) is 54.0 Å². The molecule has 3 aliphatic rings. The minimum atomic E-state index is -3.16. The Balaban J connectivity index is 1.28. The zero-order valence-corrected chi connectivity index (χ0v) is 24.5. The van der Waals surface area contributed by atoms with Gasteiger partial charge in [0.05, 0.1) is 6.26 Å². The zero-order valence-electron chi connectivity index (χ0n) is 23.7. The van der Waals surface area contributed by atoms with E-state index in [9.17, 15) is 13.2 Å². The number of amides is 1. The summed E-state index contributed by atoms with van der Waals surface area (Å²) in [5.74, 6) is 1.16. The van der Waals surface area contributed by atoms with E-state index in [2.05, 4.69) is 51.1 Å². The van der Waals surface area contributed by atoms with Crippen molar-refractivity contribution in [3.63, 3.8) is 0 Å². The number of piperidine rings is 2. The molecule has 2 saturated heterocycles. The molecule has 1 unspecified atom stereocenters. The molecule has 9 nitrogen and oxygen atoms in total. The Labute approximate surface area is 234 Å². The van der Waals surface area contributed by atoms with E-state index in [1.165, 1.54) is 16.9 Å². The van der Waals surface area contributed by atoms with Gasteiger partial charge in [0.15, 0.2) is 0 Å². The molecule has 3 heterocycles. The second-order valence-electron chi connectivity index (χ2n) is 11.2. The minimum Gasteiger partial charge on any atom is -0.369 e. The van der Waals surface area contributed by atoms with Crippen LogP contribution >= 0.6 is 0 Å². The average Bonchev–Trinajstić information content (AvgIpc) is 3.03. The van der Waals surface area contributed by atoms with Gasteiger partial charge in [-0.25, -0.2) is 22.7 Å². The van der Waals surface area contributed by atoms with Crippen molar-refractivity contribution in [3.8, 4) is 0 Å². The van der Waals surface area contributed by atoms with E-state index < -0.39 is 10.0 Å². The molecule has 1 aromatic rings. The number of likely N-dealkylation sites (tertiary alicyclic amines) is 2. The normalized spacial score (nSPS) is 24.2. The van der Waals surface area contributed by atoms with E-state index in [0.29, 0.717) is 30.7 Å². The highest BCUT2D eigenvalue weighted by Crippen LogP contribution is 2.26. The molecule has 0 aromatic carbocycles. The van der Waals surface area contributed by atoms with Crippen molar-refractivity contribution >= 4 is 21.7 Å². The van der Waals surface area contributed by atoms with Crippen molar-refractivity contribution in [1.82, 2.24) is 24.1 Å². The molecule has 1 amide bonds. The van der Waals surface area contributed by atoms with Crippen molar-refractivity contribution in [2.45, 2.75) is 64.0 Å². The highest BCUT2D eigenvalue weighted by molar-refractivity contribution is 7.88. The van der Waals surface area contributed by atoms with Gasteiger partial charge in [-0.05, 0) is 70.9 Å². The number of hydrogen-bond acceptors (Lipinski definition) is 7. The topological polar surface area (TPSA) is 98.7 Å². The van der Waals surface area contributed by atoms with Crippen LogP contribution in [-0.4, -0.2) is 96.5 Å². The van der Waals surface area contributed by atoms with E-state index in [4.69, 9.17) is 0 Å². The number of carbonyl (C=O) groups excluding carboxylic acids is 1. The number of aromatic nitrogens is 2. The molecule has 1 aromatic heterocycles. The lowest BCUT2D eigenvalue weighted by Gasteiger charge is -2.43. The maximum Gasteiger partial charge on any atom is 0.272 e. The van der Waals surface area contributed by atoms with E-state index in [0.717, 1.165) is 81.5 Å². The largest absolute Gasteiger partial charge is 0.369 e. The molecule has 2 aliphatic heterocycles. The van der Waals surface area contributed by atoms with Crippen LogP contribution in [0.5, 0.6) is 0 Å². The Hall–Kier alpha value is -2.56. The molecule has 0 radical (unpaired) electrons. The number of nitrogens with one attached hydrogen (secondary N) is 1. The highest BCUT2D eigenvalue weighted by Gasteiger charge is 2.33. The molecule has 1 N–H and O–H groups in total. The predicted molar refractivity (Wildman–Crippen MR) is 156 cm³/mol. The average molecular weight is 557 g/mol. The van der Waals surface area contributed by atoms with E-state index in [1.807, 2.05) is 11.8 Å². The van der Waals surface area contributed by atoms with Crippen LogP contribution in [0.15, 0.2) is 42.8 Å². The molecular weight excluding hydrogens is 512 g/mol. The van der Waals surface area contributed by atoms with Crippen molar-refractivity contribution in [1.29, 1.82) is 0 Å². The quantitative estimate of drug-likeness (QED) is 0.548. The number of hydrogen-bond donors (Lipinski definition) is 1. The molecule has 0 saturated carbocycles. The fourth-order valence-corrected chi connectivity index (χ4v) is 6.62. The third-order valence-electron chi connectivity index (χ3n) is 8.57.